The average molecular weight is 416 g/mol. The number of amides is 1. The highest BCUT2D eigenvalue weighted by Crippen LogP contribution is 2.18. The highest BCUT2D eigenvalue weighted by molar-refractivity contribution is 5.86. The molecule has 1 aromatic rings. The van der Waals surface area contributed by atoms with E-state index in [-0.39, 0.29) is 12.5 Å². The van der Waals surface area contributed by atoms with Crippen LogP contribution in [0.2, 0.25) is 0 Å². The Bertz CT molecular complexity index is 715. The van der Waals surface area contributed by atoms with E-state index in [4.69, 9.17) is 4.74 Å². The zero-order valence-electron chi connectivity index (χ0n) is 18.7. The summed E-state index contributed by atoms with van der Waals surface area (Å²) in [4.78, 5) is 21.5. The first-order valence-electron chi connectivity index (χ1n) is 11.2. The van der Waals surface area contributed by atoms with Gasteiger partial charge in [0.1, 0.15) is 0 Å². The largest absolute Gasteiger partial charge is 0.379 e. The van der Waals surface area contributed by atoms with Gasteiger partial charge >= 0.3 is 0 Å². The van der Waals surface area contributed by atoms with Crippen LogP contribution in [0, 0.1) is 5.92 Å². The monoisotopic (exact) mass is 415 g/mol. The van der Waals surface area contributed by atoms with Crippen LogP contribution in [0.1, 0.15) is 31.4 Å². The van der Waals surface area contributed by atoms with Crippen molar-refractivity contribution in [2.45, 2.75) is 39.3 Å². The standard InChI is InChI=1S/C23H37N5O2/c1-18(2)14-21(27-10-12-30-13-11-27)15-25-23(24-3)26-16-22(29)28-9-8-19-6-4-5-7-20(19)17-28/h4-7,18,21H,8-17H2,1-3H3,(H2,24,25,26). The minimum absolute atomic E-state index is 0.111. The molecule has 166 valence electrons. The molecule has 2 aliphatic heterocycles. The van der Waals surface area contributed by atoms with Crippen molar-refractivity contribution in [1.29, 1.82) is 0 Å². The number of carbonyl (C=O) groups excluding carboxylic acids is 1. The quantitative estimate of drug-likeness (QED) is 0.522. The first-order chi connectivity index (χ1) is 14.6. The number of nitrogens with one attached hydrogen (secondary N) is 2. The maximum atomic E-state index is 12.7. The Morgan fingerprint density at radius 1 is 1.13 bits per heavy atom. The summed E-state index contributed by atoms with van der Waals surface area (Å²) in [7, 11) is 1.75. The molecule has 0 aliphatic carbocycles. The van der Waals surface area contributed by atoms with Gasteiger partial charge in [0.05, 0.1) is 19.8 Å². The molecule has 2 aliphatic rings. The van der Waals surface area contributed by atoms with E-state index in [1.807, 2.05) is 11.0 Å². The lowest BCUT2D eigenvalue weighted by Crippen LogP contribution is -2.52. The smallest absolute Gasteiger partial charge is 0.242 e. The first kappa shape index (κ1) is 22.6. The Hall–Kier alpha value is -2.12. The number of hydrogen-bond acceptors (Lipinski definition) is 4. The lowest BCUT2D eigenvalue weighted by atomic mass is 10.00. The summed E-state index contributed by atoms with van der Waals surface area (Å²) < 4.78 is 5.51. The molecule has 1 unspecified atom stereocenters. The number of ether oxygens (including phenoxy) is 1. The van der Waals surface area contributed by atoms with E-state index in [1.165, 1.54) is 11.1 Å². The van der Waals surface area contributed by atoms with Crippen molar-refractivity contribution in [3.8, 4) is 0 Å². The SMILES string of the molecule is CN=C(NCC(=O)N1CCc2ccccc2C1)NCC(CC(C)C)N1CCOCC1. The molecule has 0 radical (unpaired) electrons. The van der Waals surface area contributed by atoms with E-state index in [9.17, 15) is 4.79 Å². The molecule has 2 heterocycles. The molecule has 2 N–H and O–H groups in total. The van der Waals surface area contributed by atoms with Crippen LogP contribution in [0.25, 0.3) is 0 Å². The molecule has 0 aromatic heterocycles. The van der Waals surface area contributed by atoms with E-state index in [0.29, 0.717) is 24.5 Å². The number of aliphatic imine (C=N–C) groups is 1. The van der Waals surface area contributed by atoms with Crippen molar-refractivity contribution in [2.75, 3.05) is 53.0 Å². The molecule has 1 aromatic carbocycles. The van der Waals surface area contributed by atoms with Crippen LogP contribution in [0.4, 0.5) is 0 Å². The van der Waals surface area contributed by atoms with Gasteiger partial charge in [0, 0.05) is 45.8 Å². The minimum Gasteiger partial charge on any atom is -0.379 e. The molecule has 1 fully saturated rings. The molecule has 3 rings (SSSR count). The average Bonchev–Trinajstić information content (AvgIpc) is 2.78. The fraction of sp³-hybridized carbons (Fsp3) is 0.652. The number of benzene rings is 1. The summed E-state index contributed by atoms with van der Waals surface area (Å²) in [6.45, 7) is 10.6. The number of morpholine rings is 1. The van der Waals surface area contributed by atoms with E-state index in [1.54, 1.807) is 7.05 Å². The van der Waals surface area contributed by atoms with Gasteiger partial charge in [-0.2, -0.15) is 0 Å². The van der Waals surface area contributed by atoms with Crippen molar-refractivity contribution in [3.63, 3.8) is 0 Å². The van der Waals surface area contributed by atoms with Crippen molar-refractivity contribution in [2.24, 2.45) is 10.9 Å². The van der Waals surface area contributed by atoms with Gasteiger partial charge in [-0.15, -0.1) is 0 Å². The summed E-state index contributed by atoms with van der Waals surface area (Å²) in [6.07, 6.45) is 2.04. The van der Waals surface area contributed by atoms with E-state index in [0.717, 1.165) is 52.2 Å². The Morgan fingerprint density at radius 3 is 2.57 bits per heavy atom. The maximum absolute atomic E-state index is 12.7. The van der Waals surface area contributed by atoms with E-state index < -0.39 is 0 Å². The third-order valence-corrected chi connectivity index (χ3v) is 5.92. The normalized spacial score (nSPS) is 18.8. The predicted octanol–water partition coefficient (Wildman–Crippen LogP) is 1.48. The van der Waals surface area contributed by atoms with E-state index >= 15 is 0 Å². The molecule has 1 amide bonds. The molecule has 0 saturated carbocycles. The second-order valence-electron chi connectivity index (χ2n) is 8.57. The van der Waals surface area contributed by atoms with Crippen LogP contribution in [-0.2, 0) is 22.5 Å². The summed E-state index contributed by atoms with van der Waals surface area (Å²) >= 11 is 0. The van der Waals surface area contributed by atoms with Gasteiger partial charge in [-0.1, -0.05) is 38.1 Å². The summed E-state index contributed by atoms with van der Waals surface area (Å²) in [5.74, 6) is 1.42. The highest BCUT2D eigenvalue weighted by Gasteiger charge is 2.23. The molecule has 0 bridgehead atoms. The van der Waals surface area contributed by atoms with Gasteiger partial charge in [0.2, 0.25) is 5.91 Å². The Balaban J connectivity index is 1.47. The molecule has 1 atom stereocenters. The number of carbonyl (C=O) groups is 1. The summed E-state index contributed by atoms with van der Waals surface area (Å²) in [5, 5.41) is 6.64. The van der Waals surface area contributed by atoms with Crippen LogP contribution in [0.5, 0.6) is 0 Å². The second-order valence-corrected chi connectivity index (χ2v) is 8.57. The van der Waals surface area contributed by atoms with Crippen molar-refractivity contribution >= 4 is 11.9 Å². The van der Waals surface area contributed by atoms with Crippen molar-refractivity contribution in [3.05, 3.63) is 35.4 Å². The van der Waals surface area contributed by atoms with Crippen LogP contribution >= 0.6 is 0 Å². The third-order valence-electron chi connectivity index (χ3n) is 5.92. The predicted molar refractivity (Wildman–Crippen MR) is 121 cm³/mol. The van der Waals surface area contributed by atoms with Gasteiger partial charge in [-0.05, 0) is 29.9 Å². The maximum Gasteiger partial charge on any atom is 0.242 e. The summed E-state index contributed by atoms with van der Waals surface area (Å²) in [5.41, 5.74) is 2.60. The van der Waals surface area contributed by atoms with Crippen LogP contribution in [-0.4, -0.2) is 80.7 Å². The van der Waals surface area contributed by atoms with E-state index in [2.05, 4.69) is 52.6 Å². The Kier molecular flexibility index (Phi) is 8.51. The first-order valence-corrected chi connectivity index (χ1v) is 11.2. The second kappa shape index (κ2) is 11.3. The fourth-order valence-corrected chi connectivity index (χ4v) is 4.26. The Labute approximate surface area is 180 Å². The lowest BCUT2D eigenvalue weighted by molar-refractivity contribution is -0.130. The zero-order chi connectivity index (χ0) is 21.3. The number of fused-ring (bicyclic) bond motifs is 1. The molecule has 1 saturated heterocycles. The number of nitrogens with zero attached hydrogens (tertiary/aromatic N) is 3. The van der Waals surface area contributed by atoms with Gasteiger partial charge in [-0.25, -0.2) is 0 Å². The zero-order valence-corrected chi connectivity index (χ0v) is 18.7. The van der Waals surface area contributed by atoms with Crippen molar-refractivity contribution in [1.82, 2.24) is 20.4 Å². The minimum atomic E-state index is 0.111. The molecule has 7 nitrogen and oxygen atoms in total. The lowest BCUT2D eigenvalue weighted by Gasteiger charge is -2.35. The number of guanidine groups is 1. The van der Waals surface area contributed by atoms with Crippen molar-refractivity contribution < 1.29 is 9.53 Å². The molecule has 0 spiro atoms. The molecule has 7 heteroatoms. The fourth-order valence-electron chi connectivity index (χ4n) is 4.26. The number of rotatable bonds is 7. The highest BCUT2D eigenvalue weighted by atomic mass is 16.5. The van der Waals surface area contributed by atoms with Crippen LogP contribution < -0.4 is 10.6 Å². The molecular formula is C23H37N5O2. The van der Waals surface area contributed by atoms with Gasteiger partial charge in [-0.3, -0.25) is 14.7 Å². The molecular weight excluding hydrogens is 378 g/mol. The van der Waals surface area contributed by atoms with Gasteiger partial charge in [0.15, 0.2) is 5.96 Å². The summed E-state index contributed by atoms with van der Waals surface area (Å²) in [6, 6.07) is 8.81. The third kappa shape index (κ3) is 6.44. The topological polar surface area (TPSA) is 69.2 Å². The molecule has 30 heavy (non-hydrogen) atoms. The van der Waals surface area contributed by atoms with Crippen LogP contribution in [0.3, 0.4) is 0 Å². The Morgan fingerprint density at radius 2 is 1.87 bits per heavy atom. The van der Waals surface area contributed by atoms with Gasteiger partial charge in [0.25, 0.3) is 0 Å². The van der Waals surface area contributed by atoms with Gasteiger partial charge < -0.3 is 20.3 Å². The van der Waals surface area contributed by atoms with Crippen LogP contribution in [0.15, 0.2) is 29.3 Å². The number of hydrogen-bond donors (Lipinski definition) is 2.